The van der Waals surface area contributed by atoms with Gasteiger partial charge in [-0.2, -0.15) is 0 Å². The summed E-state index contributed by atoms with van der Waals surface area (Å²) in [6.45, 7) is 3.12. The Morgan fingerprint density at radius 2 is 2.42 bits per heavy atom. The van der Waals surface area contributed by atoms with Gasteiger partial charge in [0, 0.05) is 6.54 Å². The van der Waals surface area contributed by atoms with Gasteiger partial charge in [-0.15, -0.1) is 0 Å². The summed E-state index contributed by atoms with van der Waals surface area (Å²) in [6, 6.07) is -0.571. The largest absolute Gasteiger partial charge is 0.480 e. The molecule has 0 amide bonds. The fourth-order valence-electron chi connectivity index (χ4n) is 1.25. The third kappa shape index (κ3) is 2.46. The van der Waals surface area contributed by atoms with Gasteiger partial charge in [0.25, 0.3) is 0 Å². The van der Waals surface area contributed by atoms with Crippen molar-refractivity contribution in [1.29, 1.82) is 0 Å². The fraction of sp³-hybridized carbons (Fsp3) is 0.875. The number of nitrogens with one attached hydrogen (secondary N) is 1. The second-order valence-corrected chi connectivity index (χ2v) is 3.51. The highest BCUT2D eigenvalue weighted by atomic mass is 16.4. The van der Waals surface area contributed by atoms with Crippen molar-refractivity contribution in [3.63, 3.8) is 0 Å². The quantitative estimate of drug-likeness (QED) is 0.529. The van der Waals surface area contributed by atoms with Crippen molar-refractivity contribution in [1.82, 2.24) is 5.32 Å². The number of aliphatic carboxylic acids is 1. The number of carbonyl (C=O) groups is 1. The Kier molecular flexibility index (Phi) is 3.05. The van der Waals surface area contributed by atoms with Crippen LogP contribution in [0.3, 0.4) is 0 Å². The summed E-state index contributed by atoms with van der Waals surface area (Å²) in [5.41, 5.74) is 5.27. The summed E-state index contributed by atoms with van der Waals surface area (Å²) < 4.78 is 0. The number of nitrogens with two attached hydrogens (primary N) is 1. The molecule has 0 aliphatic heterocycles. The van der Waals surface area contributed by atoms with E-state index in [1.165, 1.54) is 6.42 Å². The number of hydrogen-bond acceptors (Lipinski definition) is 3. The van der Waals surface area contributed by atoms with Crippen molar-refractivity contribution in [3.8, 4) is 0 Å². The van der Waals surface area contributed by atoms with Crippen LogP contribution in [0.15, 0.2) is 0 Å². The Hall–Kier alpha value is -0.610. The maximum atomic E-state index is 10.5. The SMILES string of the molecule is CC1CC1CNC(CN)C(=O)O. The van der Waals surface area contributed by atoms with Crippen LogP contribution in [-0.2, 0) is 4.79 Å². The average Bonchev–Trinajstić information content (AvgIpc) is 2.67. The zero-order valence-corrected chi connectivity index (χ0v) is 7.29. The second kappa shape index (κ2) is 3.87. The van der Waals surface area contributed by atoms with Gasteiger partial charge >= 0.3 is 5.97 Å². The van der Waals surface area contributed by atoms with Crippen molar-refractivity contribution < 1.29 is 9.90 Å². The van der Waals surface area contributed by atoms with Gasteiger partial charge in [0.05, 0.1) is 0 Å². The molecule has 1 fully saturated rings. The Labute approximate surface area is 72.1 Å². The highest BCUT2D eigenvalue weighted by Crippen LogP contribution is 2.36. The molecule has 0 aromatic rings. The van der Waals surface area contributed by atoms with E-state index in [2.05, 4.69) is 12.2 Å². The lowest BCUT2D eigenvalue weighted by molar-refractivity contribution is -0.139. The van der Waals surface area contributed by atoms with E-state index in [4.69, 9.17) is 10.8 Å². The summed E-state index contributed by atoms with van der Waals surface area (Å²) in [6.07, 6.45) is 1.21. The average molecular weight is 172 g/mol. The topological polar surface area (TPSA) is 75.3 Å². The van der Waals surface area contributed by atoms with E-state index in [1.54, 1.807) is 0 Å². The summed E-state index contributed by atoms with van der Waals surface area (Å²) in [4.78, 5) is 10.5. The van der Waals surface area contributed by atoms with Gasteiger partial charge in [0.15, 0.2) is 0 Å². The van der Waals surface area contributed by atoms with E-state index in [1.807, 2.05) is 0 Å². The van der Waals surface area contributed by atoms with Crippen LogP contribution in [0.25, 0.3) is 0 Å². The molecule has 1 rings (SSSR count). The lowest BCUT2D eigenvalue weighted by Gasteiger charge is -2.10. The van der Waals surface area contributed by atoms with Crippen LogP contribution in [0.5, 0.6) is 0 Å². The summed E-state index contributed by atoms with van der Waals surface area (Å²) in [5, 5.41) is 11.6. The Morgan fingerprint density at radius 3 is 2.75 bits per heavy atom. The molecule has 70 valence electrons. The zero-order chi connectivity index (χ0) is 9.14. The predicted molar refractivity (Wildman–Crippen MR) is 45.8 cm³/mol. The Morgan fingerprint density at radius 1 is 1.83 bits per heavy atom. The fourth-order valence-corrected chi connectivity index (χ4v) is 1.25. The third-order valence-electron chi connectivity index (χ3n) is 2.44. The minimum absolute atomic E-state index is 0.163. The van der Waals surface area contributed by atoms with Crippen molar-refractivity contribution in [2.24, 2.45) is 17.6 Å². The third-order valence-corrected chi connectivity index (χ3v) is 2.44. The standard InChI is InChI=1S/C8H16N2O2/c1-5-2-6(5)4-10-7(3-9)8(11)12/h5-7,10H,2-4,9H2,1H3,(H,11,12). The molecule has 1 saturated carbocycles. The normalized spacial score (nSPS) is 29.8. The van der Waals surface area contributed by atoms with Gasteiger partial charge < -0.3 is 16.2 Å². The van der Waals surface area contributed by atoms with Crippen LogP contribution in [0, 0.1) is 11.8 Å². The first-order valence-electron chi connectivity index (χ1n) is 4.31. The lowest BCUT2D eigenvalue weighted by atomic mass is 10.2. The summed E-state index contributed by atoms with van der Waals surface area (Å²) >= 11 is 0. The number of carboxylic acid groups (broad SMARTS) is 1. The molecule has 4 nitrogen and oxygen atoms in total. The molecule has 0 heterocycles. The molecule has 0 radical (unpaired) electrons. The number of hydrogen-bond donors (Lipinski definition) is 3. The molecule has 0 saturated heterocycles. The van der Waals surface area contributed by atoms with Crippen molar-refractivity contribution in [3.05, 3.63) is 0 Å². The minimum atomic E-state index is -0.856. The Balaban J connectivity index is 2.15. The molecule has 1 aliphatic carbocycles. The molecule has 4 N–H and O–H groups in total. The van der Waals surface area contributed by atoms with Crippen LogP contribution in [0.2, 0.25) is 0 Å². The van der Waals surface area contributed by atoms with Crippen molar-refractivity contribution in [2.45, 2.75) is 19.4 Å². The van der Waals surface area contributed by atoms with E-state index >= 15 is 0 Å². The van der Waals surface area contributed by atoms with Gasteiger partial charge in [-0.05, 0) is 24.8 Å². The van der Waals surface area contributed by atoms with Gasteiger partial charge in [0.1, 0.15) is 6.04 Å². The molecule has 0 spiro atoms. The summed E-state index contributed by atoms with van der Waals surface area (Å²) in [5.74, 6) is 0.564. The highest BCUT2D eigenvalue weighted by Gasteiger charge is 2.32. The van der Waals surface area contributed by atoms with Gasteiger partial charge in [0.2, 0.25) is 0 Å². The molecule has 1 aliphatic rings. The Bertz CT molecular complexity index is 172. The second-order valence-electron chi connectivity index (χ2n) is 3.51. The first kappa shape index (κ1) is 9.48. The molecular formula is C8H16N2O2. The van der Waals surface area contributed by atoms with E-state index in [9.17, 15) is 4.79 Å². The van der Waals surface area contributed by atoms with E-state index in [-0.39, 0.29) is 6.54 Å². The van der Waals surface area contributed by atoms with E-state index in [0.717, 1.165) is 12.5 Å². The van der Waals surface area contributed by atoms with Crippen LogP contribution in [-0.4, -0.2) is 30.2 Å². The maximum absolute atomic E-state index is 10.5. The molecule has 3 atom stereocenters. The smallest absolute Gasteiger partial charge is 0.322 e. The molecule has 12 heavy (non-hydrogen) atoms. The summed E-state index contributed by atoms with van der Waals surface area (Å²) in [7, 11) is 0. The van der Waals surface area contributed by atoms with Crippen LogP contribution in [0.4, 0.5) is 0 Å². The maximum Gasteiger partial charge on any atom is 0.322 e. The van der Waals surface area contributed by atoms with Crippen molar-refractivity contribution >= 4 is 5.97 Å². The zero-order valence-electron chi connectivity index (χ0n) is 7.29. The van der Waals surface area contributed by atoms with Crippen molar-refractivity contribution in [2.75, 3.05) is 13.1 Å². The first-order valence-corrected chi connectivity index (χ1v) is 4.31. The van der Waals surface area contributed by atoms with Gasteiger partial charge in [-0.3, -0.25) is 4.79 Å². The molecule has 4 heteroatoms. The van der Waals surface area contributed by atoms with Crippen LogP contribution in [0.1, 0.15) is 13.3 Å². The van der Waals surface area contributed by atoms with Gasteiger partial charge in [-0.1, -0.05) is 6.92 Å². The number of rotatable bonds is 5. The predicted octanol–water partition coefficient (Wildman–Crippen LogP) is -0.356. The van der Waals surface area contributed by atoms with E-state index in [0.29, 0.717) is 5.92 Å². The lowest BCUT2D eigenvalue weighted by Crippen LogP contribution is -2.43. The molecular weight excluding hydrogens is 156 g/mol. The molecule has 0 bridgehead atoms. The monoisotopic (exact) mass is 172 g/mol. The highest BCUT2D eigenvalue weighted by molar-refractivity contribution is 5.73. The molecule has 0 aromatic carbocycles. The first-order chi connectivity index (χ1) is 5.65. The van der Waals surface area contributed by atoms with Crippen LogP contribution < -0.4 is 11.1 Å². The van der Waals surface area contributed by atoms with Gasteiger partial charge in [-0.25, -0.2) is 0 Å². The minimum Gasteiger partial charge on any atom is -0.480 e. The number of carboxylic acids is 1. The molecule has 0 aromatic heterocycles. The van der Waals surface area contributed by atoms with E-state index < -0.39 is 12.0 Å². The van der Waals surface area contributed by atoms with Crippen LogP contribution >= 0.6 is 0 Å². The molecule has 3 unspecified atom stereocenters.